The molecule has 0 amide bonds. The molecule has 0 fully saturated rings. The van der Waals surface area contributed by atoms with Crippen LogP contribution in [0.4, 0.5) is 10.1 Å². The molecule has 156 valence electrons. The normalized spacial score (nSPS) is 10.8. The second-order valence-electron chi connectivity index (χ2n) is 7.45. The van der Waals surface area contributed by atoms with Gasteiger partial charge in [-0.25, -0.2) is 4.39 Å². The Kier molecular flexibility index (Phi) is 5.29. The van der Waals surface area contributed by atoms with Gasteiger partial charge in [-0.2, -0.15) is 9.78 Å². The van der Waals surface area contributed by atoms with Gasteiger partial charge in [-0.1, -0.05) is 24.3 Å². The van der Waals surface area contributed by atoms with Crippen molar-refractivity contribution in [3.05, 3.63) is 83.7 Å². The molecule has 0 radical (unpaired) electrons. The predicted molar refractivity (Wildman–Crippen MR) is 120 cm³/mol. The van der Waals surface area contributed by atoms with E-state index in [2.05, 4.69) is 0 Å². The number of carbonyl (C=O) groups excluding carboxylic acids is 1. The fraction of sp³-hybridized carbons (Fsp3) is 0.120. The standard InChI is InChI=1S/C25H22FN3O2/c1-15-4-5-16(2)22(14-15)29-25(31-17(3)30)23(18-8-12-21(27)13-9-18)24(28-29)19-6-10-20(26)11-7-19/h4-14H,27H2,1-3H3. The number of nitrogens with zero attached hydrogens (tertiary/aromatic N) is 2. The Morgan fingerprint density at radius 2 is 1.61 bits per heavy atom. The topological polar surface area (TPSA) is 70.1 Å². The number of hydrogen-bond donors (Lipinski definition) is 1. The summed E-state index contributed by atoms with van der Waals surface area (Å²) in [6, 6.07) is 19.3. The van der Waals surface area contributed by atoms with Gasteiger partial charge >= 0.3 is 5.97 Å². The van der Waals surface area contributed by atoms with Crippen LogP contribution in [0, 0.1) is 19.7 Å². The second-order valence-corrected chi connectivity index (χ2v) is 7.45. The lowest BCUT2D eigenvalue weighted by Gasteiger charge is -2.12. The molecule has 0 aliphatic heterocycles. The first-order valence-electron chi connectivity index (χ1n) is 9.84. The highest BCUT2D eigenvalue weighted by atomic mass is 19.1. The summed E-state index contributed by atoms with van der Waals surface area (Å²) in [4.78, 5) is 12.0. The van der Waals surface area contributed by atoms with Gasteiger partial charge in [-0.15, -0.1) is 0 Å². The predicted octanol–water partition coefficient (Wildman–Crippen LogP) is 5.47. The molecule has 6 heteroatoms. The number of aryl methyl sites for hydroxylation is 2. The van der Waals surface area contributed by atoms with E-state index >= 15 is 0 Å². The SMILES string of the molecule is CC(=O)Oc1c(-c2ccc(N)cc2)c(-c2ccc(F)cc2)nn1-c1cc(C)ccc1C. The van der Waals surface area contributed by atoms with Crippen molar-refractivity contribution in [1.29, 1.82) is 0 Å². The zero-order chi connectivity index (χ0) is 22.1. The number of benzene rings is 3. The lowest BCUT2D eigenvalue weighted by atomic mass is 10.0. The maximum Gasteiger partial charge on any atom is 0.309 e. The van der Waals surface area contributed by atoms with Gasteiger partial charge in [0.25, 0.3) is 0 Å². The molecule has 0 unspecified atom stereocenters. The third-order valence-corrected chi connectivity index (χ3v) is 4.99. The van der Waals surface area contributed by atoms with E-state index in [4.69, 9.17) is 15.6 Å². The zero-order valence-corrected chi connectivity index (χ0v) is 17.5. The molecule has 31 heavy (non-hydrogen) atoms. The Hall–Kier alpha value is -3.93. The average Bonchev–Trinajstić information content (AvgIpc) is 3.09. The van der Waals surface area contributed by atoms with E-state index in [1.807, 2.05) is 44.2 Å². The van der Waals surface area contributed by atoms with Gasteiger partial charge in [0.05, 0.1) is 11.3 Å². The van der Waals surface area contributed by atoms with E-state index in [9.17, 15) is 9.18 Å². The number of nitrogen functional groups attached to an aromatic ring is 1. The molecule has 0 spiro atoms. The number of nitrogens with two attached hydrogens (primary N) is 1. The highest BCUT2D eigenvalue weighted by Gasteiger charge is 2.25. The molecule has 0 aliphatic carbocycles. The Bertz CT molecular complexity index is 1260. The van der Waals surface area contributed by atoms with Gasteiger partial charge < -0.3 is 10.5 Å². The Balaban J connectivity index is 2.07. The number of hydrogen-bond acceptors (Lipinski definition) is 4. The van der Waals surface area contributed by atoms with E-state index < -0.39 is 5.97 Å². The van der Waals surface area contributed by atoms with Crippen LogP contribution in [0.2, 0.25) is 0 Å². The first kappa shape index (κ1) is 20.3. The van der Waals surface area contributed by atoms with Crippen LogP contribution in [0.1, 0.15) is 18.1 Å². The third-order valence-electron chi connectivity index (χ3n) is 4.99. The maximum absolute atomic E-state index is 13.6. The van der Waals surface area contributed by atoms with Gasteiger partial charge in [-0.05, 0) is 73.0 Å². The van der Waals surface area contributed by atoms with E-state index in [1.165, 1.54) is 19.1 Å². The molecule has 1 aromatic heterocycles. The molecule has 3 aromatic carbocycles. The quantitative estimate of drug-likeness (QED) is 0.354. The molecule has 5 nitrogen and oxygen atoms in total. The van der Waals surface area contributed by atoms with Gasteiger partial charge in [0.1, 0.15) is 11.5 Å². The fourth-order valence-corrected chi connectivity index (χ4v) is 3.46. The monoisotopic (exact) mass is 415 g/mol. The van der Waals surface area contributed by atoms with Crippen molar-refractivity contribution >= 4 is 11.7 Å². The number of aromatic nitrogens is 2. The van der Waals surface area contributed by atoms with Gasteiger partial charge in [0, 0.05) is 18.2 Å². The Morgan fingerprint density at radius 1 is 0.968 bits per heavy atom. The molecular weight excluding hydrogens is 393 g/mol. The summed E-state index contributed by atoms with van der Waals surface area (Å²) in [5.74, 6) is -0.508. The Labute approximate surface area is 179 Å². The van der Waals surface area contributed by atoms with E-state index in [0.29, 0.717) is 28.4 Å². The molecule has 4 aromatic rings. The fourth-order valence-electron chi connectivity index (χ4n) is 3.46. The summed E-state index contributed by atoms with van der Waals surface area (Å²) in [7, 11) is 0. The van der Waals surface area contributed by atoms with Crippen LogP contribution in [-0.2, 0) is 4.79 Å². The average molecular weight is 415 g/mol. The van der Waals surface area contributed by atoms with Crippen molar-refractivity contribution in [2.24, 2.45) is 0 Å². The summed E-state index contributed by atoms with van der Waals surface area (Å²) >= 11 is 0. The zero-order valence-electron chi connectivity index (χ0n) is 17.5. The van der Waals surface area contributed by atoms with Crippen molar-refractivity contribution in [2.75, 3.05) is 5.73 Å². The number of anilines is 1. The maximum atomic E-state index is 13.6. The minimum absolute atomic E-state index is 0.297. The van der Waals surface area contributed by atoms with Crippen molar-refractivity contribution < 1.29 is 13.9 Å². The van der Waals surface area contributed by atoms with Crippen molar-refractivity contribution in [1.82, 2.24) is 9.78 Å². The molecule has 0 aliphatic rings. The summed E-state index contributed by atoms with van der Waals surface area (Å²) in [6.45, 7) is 5.30. The minimum atomic E-state index is -0.464. The first-order chi connectivity index (χ1) is 14.8. The summed E-state index contributed by atoms with van der Waals surface area (Å²) in [5, 5.41) is 4.82. The summed E-state index contributed by atoms with van der Waals surface area (Å²) in [6.07, 6.45) is 0. The van der Waals surface area contributed by atoms with Gasteiger partial charge in [0.2, 0.25) is 5.88 Å². The minimum Gasteiger partial charge on any atom is -0.407 e. The number of carbonyl (C=O) groups is 1. The molecule has 0 bridgehead atoms. The highest BCUT2D eigenvalue weighted by Crippen LogP contribution is 2.41. The van der Waals surface area contributed by atoms with Crippen molar-refractivity contribution in [3.8, 4) is 34.0 Å². The number of halogens is 1. The van der Waals surface area contributed by atoms with Crippen LogP contribution < -0.4 is 10.5 Å². The first-order valence-corrected chi connectivity index (χ1v) is 9.84. The molecule has 2 N–H and O–H groups in total. The van der Waals surface area contributed by atoms with Crippen LogP contribution in [0.3, 0.4) is 0 Å². The molecular formula is C25H22FN3O2. The largest absolute Gasteiger partial charge is 0.407 e. The van der Waals surface area contributed by atoms with E-state index in [1.54, 1.807) is 28.9 Å². The van der Waals surface area contributed by atoms with Crippen LogP contribution in [0.25, 0.3) is 28.1 Å². The molecule has 0 saturated carbocycles. The van der Waals surface area contributed by atoms with Crippen LogP contribution in [0.15, 0.2) is 66.7 Å². The van der Waals surface area contributed by atoms with E-state index in [0.717, 1.165) is 22.4 Å². The van der Waals surface area contributed by atoms with Crippen molar-refractivity contribution in [2.45, 2.75) is 20.8 Å². The lowest BCUT2D eigenvalue weighted by Crippen LogP contribution is -2.09. The number of ether oxygens (including phenoxy) is 1. The van der Waals surface area contributed by atoms with Gasteiger partial charge in [-0.3, -0.25) is 4.79 Å². The number of esters is 1. The Morgan fingerprint density at radius 3 is 2.26 bits per heavy atom. The molecule has 4 rings (SSSR count). The number of rotatable bonds is 4. The van der Waals surface area contributed by atoms with E-state index in [-0.39, 0.29) is 5.82 Å². The van der Waals surface area contributed by atoms with Crippen molar-refractivity contribution in [3.63, 3.8) is 0 Å². The summed E-state index contributed by atoms with van der Waals surface area (Å²) < 4.78 is 20.9. The van der Waals surface area contributed by atoms with Crippen LogP contribution >= 0.6 is 0 Å². The molecule has 0 saturated heterocycles. The third kappa shape index (κ3) is 4.05. The summed E-state index contributed by atoms with van der Waals surface area (Å²) in [5.41, 5.74) is 12.0. The van der Waals surface area contributed by atoms with Crippen LogP contribution in [-0.4, -0.2) is 15.7 Å². The molecule has 1 heterocycles. The highest BCUT2D eigenvalue weighted by molar-refractivity contribution is 5.87. The van der Waals surface area contributed by atoms with Gasteiger partial charge in [0.15, 0.2) is 0 Å². The lowest BCUT2D eigenvalue weighted by molar-refractivity contribution is -0.132. The second kappa shape index (κ2) is 8.07. The van der Waals surface area contributed by atoms with Crippen LogP contribution in [0.5, 0.6) is 5.88 Å². The smallest absolute Gasteiger partial charge is 0.309 e. The molecule has 0 atom stereocenters.